The standard InChI is InChI=1S/C23H26N4O2/c1-25-21(17-28)14-19-8-5-9-20(22(19)25)16-26-10-12-27(13-11-26)23(29)24-15-18-6-3-2-4-7-18/h2-9,14,17H,10-13,15-16H2,1H3,(H,24,29). The topological polar surface area (TPSA) is 57.6 Å². The molecule has 6 nitrogen and oxygen atoms in total. The molecule has 1 aliphatic rings. The Morgan fingerprint density at radius 2 is 1.79 bits per heavy atom. The molecule has 29 heavy (non-hydrogen) atoms. The van der Waals surface area contributed by atoms with Crippen LogP contribution in [0.2, 0.25) is 0 Å². The third-order valence-electron chi connectivity index (χ3n) is 5.64. The lowest BCUT2D eigenvalue weighted by atomic mass is 10.1. The molecule has 1 saturated heterocycles. The van der Waals surface area contributed by atoms with E-state index in [1.54, 1.807) is 0 Å². The van der Waals surface area contributed by atoms with E-state index < -0.39 is 0 Å². The van der Waals surface area contributed by atoms with Gasteiger partial charge in [-0.1, -0.05) is 48.5 Å². The molecule has 0 bridgehead atoms. The van der Waals surface area contributed by atoms with Crippen molar-refractivity contribution >= 4 is 23.2 Å². The zero-order chi connectivity index (χ0) is 20.2. The Bertz CT molecular complexity index is 1000. The molecule has 1 aliphatic heterocycles. The average Bonchev–Trinajstić information content (AvgIpc) is 3.10. The van der Waals surface area contributed by atoms with E-state index in [0.717, 1.165) is 42.4 Å². The highest BCUT2D eigenvalue weighted by atomic mass is 16.2. The maximum atomic E-state index is 12.5. The van der Waals surface area contributed by atoms with Crippen LogP contribution in [0.3, 0.4) is 0 Å². The molecule has 1 N–H and O–H groups in total. The summed E-state index contributed by atoms with van der Waals surface area (Å²) in [6.07, 6.45) is 0.899. The maximum Gasteiger partial charge on any atom is 0.317 e. The Labute approximate surface area is 170 Å². The molecule has 1 fully saturated rings. The summed E-state index contributed by atoms with van der Waals surface area (Å²) in [6.45, 7) is 4.45. The molecule has 6 heteroatoms. The van der Waals surface area contributed by atoms with Gasteiger partial charge in [0, 0.05) is 51.7 Å². The highest BCUT2D eigenvalue weighted by Crippen LogP contribution is 2.23. The van der Waals surface area contributed by atoms with Crippen LogP contribution in [0.15, 0.2) is 54.6 Å². The summed E-state index contributed by atoms with van der Waals surface area (Å²) in [7, 11) is 1.94. The van der Waals surface area contributed by atoms with Crippen molar-refractivity contribution in [3.63, 3.8) is 0 Å². The Kier molecular flexibility index (Phi) is 5.62. The van der Waals surface area contributed by atoms with Crippen LogP contribution in [0, 0.1) is 0 Å². The quantitative estimate of drug-likeness (QED) is 0.682. The summed E-state index contributed by atoms with van der Waals surface area (Å²) >= 11 is 0. The predicted octanol–water partition coefficient (Wildman–Crippen LogP) is 3.02. The van der Waals surface area contributed by atoms with Gasteiger partial charge in [0.1, 0.15) is 0 Å². The number of piperazine rings is 1. The number of fused-ring (bicyclic) bond motifs is 1. The molecule has 1 aromatic heterocycles. The zero-order valence-corrected chi connectivity index (χ0v) is 16.7. The fourth-order valence-electron chi connectivity index (χ4n) is 4.00. The highest BCUT2D eigenvalue weighted by molar-refractivity contribution is 5.90. The van der Waals surface area contributed by atoms with E-state index in [-0.39, 0.29) is 6.03 Å². The van der Waals surface area contributed by atoms with Crippen molar-refractivity contribution in [2.24, 2.45) is 7.05 Å². The van der Waals surface area contributed by atoms with E-state index in [2.05, 4.69) is 16.3 Å². The third-order valence-corrected chi connectivity index (χ3v) is 5.64. The second-order valence-corrected chi connectivity index (χ2v) is 7.51. The summed E-state index contributed by atoms with van der Waals surface area (Å²) in [4.78, 5) is 28.0. The first-order chi connectivity index (χ1) is 14.2. The maximum absolute atomic E-state index is 12.5. The minimum absolute atomic E-state index is 0.00587. The number of hydrogen-bond acceptors (Lipinski definition) is 3. The van der Waals surface area contributed by atoms with Gasteiger partial charge < -0.3 is 14.8 Å². The lowest BCUT2D eigenvalue weighted by Crippen LogP contribution is -2.51. The molecule has 2 heterocycles. The van der Waals surface area contributed by atoms with Gasteiger partial charge in [0.05, 0.1) is 11.2 Å². The minimum Gasteiger partial charge on any atom is -0.341 e. The van der Waals surface area contributed by atoms with E-state index in [1.807, 2.05) is 65.0 Å². The summed E-state index contributed by atoms with van der Waals surface area (Å²) in [5, 5.41) is 4.10. The van der Waals surface area contributed by atoms with Gasteiger partial charge in [-0.05, 0) is 17.2 Å². The number of aldehydes is 1. The summed E-state index contributed by atoms with van der Waals surface area (Å²) in [6, 6.07) is 18.1. The molecule has 2 amide bonds. The van der Waals surface area contributed by atoms with Gasteiger partial charge in [0.15, 0.2) is 6.29 Å². The minimum atomic E-state index is -0.00587. The van der Waals surface area contributed by atoms with Crippen molar-refractivity contribution in [2.75, 3.05) is 26.2 Å². The molecular formula is C23H26N4O2. The van der Waals surface area contributed by atoms with Crippen molar-refractivity contribution in [2.45, 2.75) is 13.1 Å². The van der Waals surface area contributed by atoms with Crippen molar-refractivity contribution in [3.8, 4) is 0 Å². The van der Waals surface area contributed by atoms with Crippen molar-refractivity contribution < 1.29 is 9.59 Å². The number of benzene rings is 2. The van der Waals surface area contributed by atoms with Crippen molar-refractivity contribution in [3.05, 3.63) is 71.4 Å². The van der Waals surface area contributed by atoms with Gasteiger partial charge in [-0.15, -0.1) is 0 Å². The molecule has 0 aliphatic carbocycles. The normalized spacial score (nSPS) is 14.9. The van der Waals surface area contributed by atoms with E-state index in [9.17, 15) is 9.59 Å². The first kappa shape index (κ1) is 19.2. The second kappa shape index (κ2) is 8.49. The molecule has 150 valence electrons. The Morgan fingerprint density at radius 1 is 1.03 bits per heavy atom. The zero-order valence-electron chi connectivity index (χ0n) is 16.7. The SMILES string of the molecule is Cn1c(C=O)cc2cccc(CN3CCN(C(=O)NCc4ccccc4)CC3)c21. The van der Waals surface area contributed by atoms with E-state index in [0.29, 0.717) is 25.3 Å². The first-order valence-corrected chi connectivity index (χ1v) is 9.97. The van der Waals surface area contributed by atoms with Crippen LogP contribution < -0.4 is 5.32 Å². The number of aryl methyl sites for hydroxylation is 1. The van der Waals surface area contributed by atoms with Crippen LogP contribution in [-0.2, 0) is 20.1 Å². The predicted molar refractivity (Wildman–Crippen MR) is 114 cm³/mol. The van der Waals surface area contributed by atoms with Crippen LogP contribution in [0.1, 0.15) is 21.6 Å². The number of carbonyl (C=O) groups is 2. The van der Waals surface area contributed by atoms with Crippen LogP contribution in [0.4, 0.5) is 4.79 Å². The number of para-hydroxylation sites is 1. The molecule has 0 unspecified atom stereocenters. The second-order valence-electron chi connectivity index (χ2n) is 7.51. The van der Waals surface area contributed by atoms with E-state index in [1.165, 1.54) is 5.56 Å². The fraction of sp³-hybridized carbons (Fsp3) is 0.304. The number of nitrogens with zero attached hydrogens (tertiary/aromatic N) is 3. The number of nitrogens with one attached hydrogen (secondary N) is 1. The number of aromatic nitrogens is 1. The summed E-state index contributed by atoms with van der Waals surface area (Å²) < 4.78 is 1.96. The molecule has 4 rings (SSSR count). The van der Waals surface area contributed by atoms with Gasteiger partial charge in [-0.2, -0.15) is 0 Å². The van der Waals surface area contributed by atoms with Gasteiger partial charge in [0.2, 0.25) is 0 Å². The Hall–Kier alpha value is -3.12. The van der Waals surface area contributed by atoms with E-state index in [4.69, 9.17) is 0 Å². The average molecular weight is 390 g/mol. The van der Waals surface area contributed by atoms with Gasteiger partial charge in [-0.25, -0.2) is 4.79 Å². The summed E-state index contributed by atoms with van der Waals surface area (Å²) in [5.41, 5.74) is 4.11. The van der Waals surface area contributed by atoms with Crippen LogP contribution in [-0.4, -0.2) is 52.9 Å². The van der Waals surface area contributed by atoms with Crippen molar-refractivity contribution in [1.29, 1.82) is 0 Å². The van der Waals surface area contributed by atoms with Crippen LogP contribution in [0.5, 0.6) is 0 Å². The van der Waals surface area contributed by atoms with Gasteiger partial charge >= 0.3 is 6.03 Å². The smallest absolute Gasteiger partial charge is 0.317 e. The molecular weight excluding hydrogens is 364 g/mol. The van der Waals surface area contributed by atoms with Crippen LogP contribution >= 0.6 is 0 Å². The van der Waals surface area contributed by atoms with E-state index >= 15 is 0 Å². The largest absolute Gasteiger partial charge is 0.341 e. The molecule has 3 aromatic rings. The van der Waals surface area contributed by atoms with Crippen LogP contribution in [0.25, 0.3) is 10.9 Å². The molecule has 0 spiro atoms. The number of hydrogen-bond donors (Lipinski definition) is 1. The number of carbonyl (C=O) groups excluding carboxylic acids is 2. The lowest BCUT2D eigenvalue weighted by Gasteiger charge is -2.34. The molecule has 0 radical (unpaired) electrons. The molecule has 2 aromatic carbocycles. The fourth-order valence-corrected chi connectivity index (χ4v) is 4.00. The van der Waals surface area contributed by atoms with Crippen molar-refractivity contribution in [1.82, 2.24) is 19.7 Å². The van der Waals surface area contributed by atoms with Gasteiger partial charge in [-0.3, -0.25) is 9.69 Å². The molecule has 0 saturated carbocycles. The molecule has 0 atom stereocenters. The number of urea groups is 1. The monoisotopic (exact) mass is 390 g/mol. The first-order valence-electron chi connectivity index (χ1n) is 9.97. The summed E-state index contributed by atoms with van der Waals surface area (Å²) in [5.74, 6) is 0. The highest BCUT2D eigenvalue weighted by Gasteiger charge is 2.22. The number of rotatable bonds is 5. The van der Waals surface area contributed by atoms with Gasteiger partial charge in [0.25, 0.3) is 0 Å². The lowest BCUT2D eigenvalue weighted by molar-refractivity contribution is 0.111. The Morgan fingerprint density at radius 3 is 2.52 bits per heavy atom. The third kappa shape index (κ3) is 4.17. The number of amides is 2. The Balaban J connectivity index is 1.34.